The van der Waals surface area contributed by atoms with E-state index in [2.05, 4.69) is 10.6 Å². The monoisotopic (exact) mass is 298 g/mol. The molecule has 0 spiro atoms. The number of hydrogen-bond donors (Lipinski definition) is 3. The Morgan fingerprint density at radius 2 is 1.77 bits per heavy atom. The van der Waals surface area contributed by atoms with E-state index in [1.165, 1.54) is 6.07 Å². The van der Waals surface area contributed by atoms with Crippen LogP contribution in [0.1, 0.15) is 21.5 Å². The summed E-state index contributed by atoms with van der Waals surface area (Å²) in [6, 6.07) is 11.8. The van der Waals surface area contributed by atoms with Crippen molar-refractivity contribution in [2.45, 2.75) is 13.8 Å². The van der Waals surface area contributed by atoms with Crippen molar-refractivity contribution >= 4 is 17.5 Å². The molecule has 0 aliphatic rings. The molecule has 0 radical (unpaired) electrons. The van der Waals surface area contributed by atoms with E-state index in [0.717, 1.165) is 11.1 Å². The third-order valence-corrected chi connectivity index (χ3v) is 3.36. The van der Waals surface area contributed by atoms with Gasteiger partial charge in [-0.15, -0.1) is 0 Å². The summed E-state index contributed by atoms with van der Waals surface area (Å²) in [5.74, 6) is -0.731. The number of carbonyl (C=O) groups excluding carboxylic acids is 2. The summed E-state index contributed by atoms with van der Waals surface area (Å²) in [5, 5.41) is 14.7. The molecule has 114 valence electrons. The highest BCUT2D eigenvalue weighted by Gasteiger charge is 2.10. The van der Waals surface area contributed by atoms with E-state index in [4.69, 9.17) is 0 Å². The third-order valence-electron chi connectivity index (χ3n) is 3.36. The van der Waals surface area contributed by atoms with Gasteiger partial charge in [0.05, 0.1) is 12.2 Å². The number of phenolic OH excluding ortho intramolecular Hbond substituents is 1. The van der Waals surface area contributed by atoms with Crippen molar-refractivity contribution < 1.29 is 14.7 Å². The number of aryl methyl sites for hydroxylation is 2. The second-order valence-electron chi connectivity index (χ2n) is 5.05. The molecule has 2 aromatic rings. The minimum absolute atomic E-state index is 0.0173. The van der Waals surface area contributed by atoms with Crippen LogP contribution in [0.15, 0.2) is 42.5 Å². The summed E-state index contributed by atoms with van der Waals surface area (Å²) in [5.41, 5.74) is 2.95. The van der Waals surface area contributed by atoms with Crippen LogP contribution < -0.4 is 10.6 Å². The molecular formula is C17H18N2O3. The van der Waals surface area contributed by atoms with E-state index in [0.29, 0.717) is 11.3 Å². The molecule has 5 nitrogen and oxygen atoms in total. The quantitative estimate of drug-likeness (QED) is 0.758. The molecule has 0 bridgehead atoms. The van der Waals surface area contributed by atoms with Crippen molar-refractivity contribution in [2.24, 2.45) is 0 Å². The van der Waals surface area contributed by atoms with Gasteiger partial charge in [-0.25, -0.2) is 0 Å². The summed E-state index contributed by atoms with van der Waals surface area (Å²) in [6.07, 6.45) is 0. The fraction of sp³-hybridized carbons (Fsp3) is 0.176. The zero-order chi connectivity index (χ0) is 16.1. The fourth-order valence-corrected chi connectivity index (χ4v) is 1.92. The smallest absolute Gasteiger partial charge is 0.251 e. The largest absolute Gasteiger partial charge is 0.506 e. The van der Waals surface area contributed by atoms with Gasteiger partial charge in [-0.2, -0.15) is 0 Å². The standard InChI is InChI=1S/C17H18N2O3/c1-11-7-8-13(9-12(11)2)17(22)18-10-16(21)19-14-5-3-4-6-15(14)20/h3-9,20H,10H2,1-2H3,(H,18,22)(H,19,21). The van der Waals surface area contributed by atoms with Gasteiger partial charge in [0.2, 0.25) is 5.91 Å². The number of phenols is 1. The molecule has 2 aromatic carbocycles. The SMILES string of the molecule is Cc1ccc(C(=O)NCC(=O)Nc2ccccc2O)cc1C. The van der Waals surface area contributed by atoms with Crippen molar-refractivity contribution in [1.29, 1.82) is 0 Å². The normalized spacial score (nSPS) is 10.1. The highest BCUT2D eigenvalue weighted by Crippen LogP contribution is 2.21. The number of nitrogens with one attached hydrogen (secondary N) is 2. The summed E-state index contributed by atoms with van der Waals surface area (Å²) < 4.78 is 0. The Hall–Kier alpha value is -2.82. The molecule has 2 rings (SSSR count). The molecule has 0 aliphatic carbocycles. The first kappa shape index (κ1) is 15.6. The highest BCUT2D eigenvalue weighted by molar-refractivity contribution is 5.99. The Morgan fingerprint density at radius 1 is 1.05 bits per heavy atom. The molecule has 0 saturated heterocycles. The van der Waals surface area contributed by atoms with E-state index in [1.54, 1.807) is 30.3 Å². The molecule has 0 saturated carbocycles. The molecule has 5 heteroatoms. The van der Waals surface area contributed by atoms with Crippen LogP contribution in [-0.2, 0) is 4.79 Å². The van der Waals surface area contributed by atoms with Crippen LogP contribution in [0, 0.1) is 13.8 Å². The van der Waals surface area contributed by atoms with Crippen LogP contribution in [0.5, 0.6) is 5.75 Å². The maximum atomic E-state index is 12.0. The van der Waals surface area contributed by atoms with E-state index >= 15 is 0 Å². The predicted octanol–water partition coefficient (Wildman–Crippen LogP) is 2.38. The lowest BCUT2D eigenvalue weighted by molar-refractivity contribution is -0.115. The van der Waals surface area contributed by atoms with Gasteiger partial charge in [0, 0.05) is 5.56 Å². The van der Waals surface area contributed by atoms with E-state index in [1.807, 2.05) is 19.9 Å². The van der Waals surface area contributed by atoms with E-state index in [-0.39, 0.29) is 18.2 Å². The highest BCUT2D eigenvalue weighted by atomic mass is 16.3. The Bertz CT molecular complexity index is 711. The van der Waals surface area contributed by atoms with Crippen LogP contribution in [0.4, 0.5) is 5.69 Å². The zero-order valence-electron chi connectivity index (χ0n) is 12.5. The summed E-state index contributed by atoms with van der Waals surface area (Å²) >= 11 is 0. The molecule has 3 N–H and O–H groups in total. The maximum absolute atomic E-state index is 12.0. The Labute approximate surface area is 129 Å². The summed E-state index contributed by atoms with van der Waals surface area (Å²) in [6.45, 7) is 3.73. The third kappa shape index (κ3) is 3.85. The van der Waals surface area contributed by atoms with Gasteiger partial charge in [0.1, 0.15) is 5.75 Å². The van der Waals surface area contributed by atoms with Gasteiger partial charge >= 0.3 is 0 Å². The molecule has 0 heterocycles. The van der Waals surface area contributed by atoms with Crippen LogP contribution in [0.25, 0.3) is 0 Å². The number of amides is 2. The number of aromatic hydroxyl groups is 1. The Balaban J connectivity index is 1.92. The van der Waals surface area contributed by atoms with Crippen LogP contribution in [-0.4, -0.2) is 23.5 Å². The van der Waals surface area contributed by atoms with Gasteiger partial charge in [0.15, 0.2) is 0 Å². The first-order valence-corrected chi connectivity index (χ1v) is 6.90. The second kappa shape index (κ2) is 6.76. The number of benzene rings is 2. The Morgan fingerprint density at radius 3 is 2.45 bits per heavy atom. The molecular weight excluding hydrogens is 280 g/mol. The van der Waals surface area contributed by atoms with Crippen LogP contribution >= 0.6 is 0 Å². The predicted molar refractivity (Wildman–Crippen MR) is 85.0 cm³/mol. The van der Waals surface area contributed by atoms with Crippen molar-refractivity contribution in [1.82, 2.24) is 5.32 Å². The van der Waals surface area contributed by atoms with Crippen molar-refractivity contribution in [3.05, 3.63) is 59.2 Å². The van der Waals surface area contributed by atoms with E-state index in [9.17, 15) is 14.7 Å². The number of rotatable bonds is 4. The van der Waals surface area contributed by atoms with E-state index < -0.39 is 5.91 Å². The molecule has 0 atom stereocenters. The van der Waals surface area contributed by atoms with Gasteiger partial charge in [-0.3, -0.25) is 9.59 Å². The number of anilines is 1. The summed E-state index contributed by atoms with van der Waals surface area (Å²) in [7, 11) is 0. The lowest BCUT2D eigenvalue weighted by Gasteiger charge is -2.09. The molecule has 0 fully saturated rings. The Kier molecular flexibility index (Phi) is 4.78. The number of carbonyl (C=O) groups is 2. The number of hydrogen-bond acceptors (Lipinski definition) is 3. The van der Waals surface area contributed by atoms with Gasteiger partial charge < -0.3 is 15.7 Å². The van der Waals surface area contributed by atoms with Crippen LogP contribution in [0.3, 0.4) is 0 Å². The van der Waals surface area contributed by atoms with Crippen LogP contribution in [0.2, 0.25) is 0 Å². The van der Waals surface area contributed by atoms with Crippen molar-refractivity contribution in [2.75, 3.05) is 11.9 Å². The fourth-order valence-electron chi connectivity index (χ4n) is 1.92. The summed E-state index contributed by atoms with van der Waals surface area (Å²) in [4.78, 5) is 23.8. The minimum atomic E-state index is -0.404. The van der Waals surface area contributed by atoms with Crippen molar-refractivity contribution in [3.63, 3.8) is 0 Å². The average molecular weight is 298 g/mol. The molecule has 0 aromatic heterocycles. The average Bonchev–Trinajstić information content (AvgIpc) is 2.50. The first-order valence-electron chi connectivity index (χ1n) is 6.90. The maximum Gasteiger partial charge on any atom is 0.251 e. The molecule has 0 aliphatic heterocycles. The second-order valence-corrected chi connectivity index (χ2v) is 5.05. The molecule has 2 amide bonds. The van der Waals surface area contributed by atoms with Gasteiger partial charge in [-0.05, 0) is 49.2 Å². The minimum Gasteiger partial charge on any atom is -0.506 e. The lowest BCUT2D eigenvalue weighted by Crippen LogP contribution is -2.32. The topological polar surface area (TPSA) is 78.4 Å². The zero-order valence-corrected chi connectivity index (χ0v) is 12.5. The first-order chi connectivity index (χ1) is 10.5. The van der Waals surface area contributed by atoms with Crippen molar-refractivity contribution in [3.8, 4) is 5.75 Å². The molecule has 0 unspecified atom stereocenters. The van der Waals surface area contributed by atoms with Gasteiger partial charge in [-0.1, -0.05) is 18.2 Å². The lowest BCUT2D eigenvalue weighted by atomic mass is 10.1. The number of para-hydroxylation sites is 2. The molecule has 22 heavy (non-hydrogen) atoms. The van der Waals surface area contributed by atoms with Gasteiger partial charge in [0.25, 0.3) is 5.91 Å².